The van der Waals surface area contributed by atoms with Gasteiger partial charge >= 0.3 is 0 Å². The molecule has 0 amide bonds. The maximum atomic E-state index is 2.48. The van der Waals surface area contributed by atoms with Crippen LogP contribution in [-0.4, -0.2) is 0 Å². The van der Waals surface area contributed by atoms with E-state index in [0.29, 0.717) is 0 Å². The van der Waals surface area contributed by atoms with Gasteiger partial charge in [0.1, 0.15) is 0 Å². The summed E-state index contributed by atoms with van der Waals surface area (Å²) in [6.45, 7) is 6.97. The quantitative estimate of drug-likeness (QED) is 0.168. The van der Waals surface area contributed by atoms with Crippen molar-refractivity contribution in [1.29, 1.82) is 0 Å². The normalized spacial score (nSPS) is 11.8. The highest BCUT2D eigenvalue weighted by molar-refractivity contribution is 7.25. The van der Waals surface area contributed by atoms with Crippen LogP contribution in [0.5, 0.6) is 0 Å². The Bertz CT molecular complexity index is 2700. The molecule has 0 saturated carbocycles. The van der Waals surface area contributed by atoms with Crippen molar-refractivity contribution in [3.63, 3.8) is 0 Å². The molecular formula is C50H39NS. The largest absolute Gasteiger partial charge is 0.310 e. The molecule has 0 unspecified atom stereocenters. The molecule has 0 fully saturated rings. The highest BCUT2D eigenvalue weighted by Crippen LogP contribution is 2.47. The Labute approximate surface area is 310 Å². The van der Waals surface area contributed by atoms with Crippen LogP contribution in [0, 0.1) is 0 Å². The van der Waals surface area contributed by atoms with Gasteiger partial charge in [0.05, 0.1) is 5.69 Å². The number of benzene rings is 8. The van der Waals surface area contributed by atoms with Crippen molar-refractivity contribution >= 4 is 59.3 Å². The number of thiophene rings is 1. The predicted octanol–water partition coefficient (Wildman–Crippen LogP) is 15.0. The second kappa shape index (κ2) is 13.0. The highest BCUT2D eigenvalue weighted by atomic mass is 32.1. The van der Waals surface area contributed by atoms with E-state index in [-0.39, 0.29) is 5.41 Å². The van der Waals surface area contributed by atoms with E-state index in [2.05, 4.69) is 208 Å². The van der Waals surface area contributed by atoms with Gasteiger partial charge in [0.15, 0.2) is 0 Å². The van der Waals surface area contributed by atoms with E-state index in [4.69, 9.17) is 0 Å². The molecule has 0 bridgehead atoms. The van der Waals surface area contributed by atoms with Gasteiger partial charge in [-0.2, -0.15) is 0 Å². The van der Waals surface area contributed by atoms with Gasteiger partial charge in [-0.15, -0.1) is 11.3 Å². The first-order valence-electron chi connectivity index (χ1n) is 18.0. The third-order valence-electron chi connectivity index (χ3n) is 10.2. The van der Waals surface area contributed by atoms with Crippen molar-refractivity contribution in [1.82, 2.24) is 0 Å². The van der Waals surface area contributed by atoms with Gasteiger partial charge in [0.25, 0.3) is 0 Å². The smallest absolute Gasteiger partial charge is 0.0540 e. The summed E-state index contributed by atoms with van der Waals surface area (Å²) < 4.78 is 2.65. The minimum absolute atomic E-state index is 0.113. The van der Waals surface area contributed by atoms with E-state index in [1.54, 1.807) is 0 Å². The van der Waals surface area contributed by atoms with Gasteiger partial charge in [-0.3, -0.25) is 0 Å². The summed E-state index contributed by atoms with van der Waals surface area (Å²) in [7, 11) is 0. The molecule has 0 saturated heterocycles. The zero-order valence-electron chi connectivity index (χ0n) is 29.7. The minimum Gasteiger partial charge on any atom is -0.310 e. The Morgan fingerprint density at radius 2 is 0.923 bits per heavy atom. The molecule has 0 N–H and O–H groups in total. The fourth-order valence-electron chi connectivity index (χ4n) is 7.61. The topological polar surface area (TPSA) is 3.24 Å². The third-order valence-corrected chi connectivity index (χ3v) is 11.4. The minimum atomic E-state index is -0.113. The molecule has 8 aromatic carbocycles. The summed E-state index contributed by atoms with van der Waals surface area (Å²) in [5.41, 5.74) is 12.0. The van der Waals surface area contributed by atoms with Gasteiger partial charge in [-0.1, -0.05) is 160 Å². The number of nitrogens with zero attached hydrogens (tertiary/aromatic N) is 1. The maximum Gasteiger partial charge on any atom is 0.0540 e. The van der Waals surface area contributed by atoms with E-state index in [1.807, 2.05) is 11.3 Å². The van der Waals surface area contributed by atoms with Crippen LogP contribution in [0.1, 0.15) is 26.3 Å². The molecule has 0 radical (unpaired) electrons. The molecule has 0 aliphatic rings. The van der Waals surface area contributed by atoms with Crippen LogP contribution in [0.15, 0.2) is 182 Å². The molecule has 2 heteroatoms. The van der Waals surface area contributed by atoms with Crippen LogP contribution in [-0.2, 0) is 5.41 Å². The van der Waals surface area contributed by atoms with Gasteiger partial charge < -0.3 is 4.90 Å². The van der Waals surface area contributed by atoms with Crippen molar-refractivity contribution in [3.8, 4) is 33.4 Å². The summed E-state index contributed by atoms with van der Waals surface area (Å²) in [4.78, 5) is 2.48. The fourth-order valence-corrected chi connectivity index (χ4v) is 8.75. The van der Waals surface area contributed by atoms with E-state index in [9.17, 15) is 0 Å². The highest BCUT2D eigenvalue weighted by Gasteiger charge is 2.26. The van der Waals surface area contributed by atoms with Crippen LogP contribution in [0.4, 0.5) is 17.1 Å². The molecule has 52 heavy (non-hydrogen) atoms. The fraction of sp³-hybridized carbons (Fsp3) is 0.0800. The molecule has 0 aliphatic carbocycles. The molecule has 9 aromatic rings. The van der Waals surface area contributed by atoms with Crippen molar-refractivity contribution in [2.24, 2.45) is 0 Å². The van der Waals surface area contributed by atoms with Crippen LogP contribution < -0.4 is 4.90 Å². The van der Waals surface area contributed by atoms with Gasteiger partial charge in [-0.05, 0) is 92.2 Å². The van der Waals surface area contributed by atoms with E-state index < -0.39 is 0 Å². The Hall–Kier alpha value is -5.96. The summed E-state index contributed by atoms with van der Waals surface area (Å²) in [6.07, 6.45) is 0. The molecular weight excluding hydrogens is 647 g/mol. The average Bonchev–Trinajstić information content (AvgIpc) is 3.57. The number of rotatable bonds is 6. The standard InChI is InChI=1S/C50H39NS/c1-50(2,3)45-32-37(35-16-8-5-9-17-35)25-30-47(45)51(39-26-22-36(23-27-39)34-14-6-4-7-15-34)46-31-29-40(41-18-10-11-19-42(41)46)38-24-28-44-43-20-12-13-21-48(43)52-49(44)33-38/h4-33H,1-3H3. The maximum absolute atomic E-state index is 2.48. The molecule has 0 spiro atoms. The van der Waals surface area contributed by atoms with E-state index in [0.717, 1.165) is 11.4 Å². The van der Waals surface area contributed by atoms with E-state index >= 15 is 0 Å². The first kappa shape index (κ1) is 32.0. The van der Waals surface area contributed by atoms with Gasteiger partial charge in [-0.25, -0.2) is 0 Å². The van der Waals surface area contributed by atoms with E-state index in [1.165, 1.54) is 75.6 Å². The Morgan fingerprint density at radius 3 is 1.63 bits per heavy atom. The van der Waals surface area contributed by atoms with Crippen molar-refractivity contribution in [2.75, 3.05) is 4.90 Å². The summed E-state index contributed by atoms with van der Waals surface area (Å²) in [5.74, 6) is 0. The molecule has 0 aliphatic heterocycles. The summed E-state index contributed by atoms with van der Waals surface area (Å²) in [5, 5.41) is 5.11. The average molecular weight is 686 g/mol. The SMILES string of the molecule is CC(C)(C)c1cc(-c2ccccc2)ccc1N(c1ccc(-c2ccccc2)cc1)c1ccc(-c2ccc3c(c2)sc2ccccc23)c2ccccc12. The van der Waals surface area contributed by atoms with Crippen molar-refractivity contribution < 1.29 is 0 Å². The summed E-state index contributed by atoms with van der Waals surface area (Å²) >= 11 is 1.87. The lowest BCUT2D eigenvalue weighted by Crippen LogP contribution is -2.19. The molecule has 1 nitrogen and oxygen atoms in total. The second-order valence-electron chi connectivity index (χ2n) is 14.6. The molecule has 1 heterocycles. The second-order valence-corrected chi connectivity index (χ2v) is 15.7. The predicted molar refractivity (Wildman–Crippen MR) is 227 cm³/mol. The van der Waals surface area contributed by atoms with Gasteiger partial charge in [0, 0.05) is 36.9 Å². The number of fused-ring (bicyclic) bond motifs is 4. The molecule has 1 aromatic heterocycles. The summed E-state index contributed by atoms with van der Waals surface area (Å²) in [6, 6.07) is 66.7. The van der Waals surface area contributed by atoms with Crippen LogP contribution in [0.2, 0.25) is 0 Å². The van der Waals surface area contributed by atoms with Crippen molar-refractivity contribution in [2.45, 2.75) is 26.2 Å². The lowest BCUT2D eigenvalue weighted by Gasteiger charge is -2.33. The lowest BCUT2D eigenvalue weighted by molar-refractivity contribution is 0.591. The zero-order valence-corrected chi connectivity index (χ0v) is 30.5. The zero-order chi connectivity index (χ0) is 35.2. The Kier molecular flexibility index (Phi) is 7.98. The number of hydrogen-bond donors (Lipinski definition) is 0. The lowest BCUT2D eigenvalue weighted by atomic mass is 9.83. The molecule has 0 atom stereocenters. The van der Waals surface area contributed by atoms with Crippen molar-refractivity contribution in [3.05, 3.63) is 188 Å². The van der Waals surface area contributed by atoms with Crippen LogP contribution in [0.3, 0.4) is 0 Å². The number of hydrogen-bond acceptors (Lipinski definition) is 2. The Balaban J connectivity index is 1.25. The number of anilines is 3. The Morgan fingerprint density at radius 1 is 0.385 bits per heavy atom. The molecule has 250 valence electrons. The van der Waals surface area contributed by atoms with Gasteiger partial charge in [0.2, 0.25) is 0 Å². The molecule has 9 rings (SSSR count). The first-order valence-corrected chi connectivity index (χ1v) is 18.8. The van der Waals surface area contributed by atoms with Crippen LogP contribution in [0.25, 0.3) is 64.3 Å². The van der Waals surface area contributed by atoms with Crippen LogP contribution >= 0.6 is 11.3 Å². The third kappa shape index (κ3) is 5.76. The monoisotopic (exact) mass is 685 g/mol. The first-order chi connectivity index (χ1) is 25.4.